The van der Waals surface area contributed by atoms with Crippen LogP contribution in [0.25, 0.3) is 0 Å². The Balaban J connectivity index is 2.02. The van der Waals surface area contributed by atoms with E-state index in [1.807, 2.05) is 13.8 Å². The second-order valence-corrected chi connectivity index (χ2v) is 7.06. The molecule has 2 unspecified atom stereocenters. The topological polar surface area (TPSA) is 63.4 Å². The smallest absolute Gasteiger partial charge is 0.233 e. The summed E-state index contributed by atoms with van der Waals surface area (Å²) in [5.41, 5.74) is 5.36. The largest absolute Gasteiger partial charge is 0.393 e. The van der Waals surface area contributed by atoms with Gasteiger partial charge in [0.2, 0.25) is 11.8 Å². The number of hydrogen-bond donors (Lipinski definition) is 1. The molecule has 1 aliphatic heterocycles. The maximum absolute atomic E-state index is 12.3. The molecule has 0 aromatic rings. The van der Waals surface area contributed by atoms with Crippen LogP contribution in [0.2, 0.25) is 0 Å². The van der Waals surface area contributed by atoms with Gasteiger partial charge in [0.25, 0.3) is 0 Å². The van der Waals surface area contributed by atoms with E-state index in [-0.39, 0.29) is 29.1 Å². The number of carbonyl (C=O) groups is 2. The van der Waals surface area contributed by atoms with Crippen LogP contribution in [-0.2, 0) is 9.59 Å². The molecule has 2 fully saturated rings. The van der Waals surface area contributed by atoms with Crippen LogP contribution in [0.4, 0.5) is 0 Å². The monoisotopic (exact) mass is 282 g/mol. The fraction of sp³-hybridized carbons (Fsp3) is 0.786. The van der Waals surface area contributed by atoms with Crippen molar-refractivity contribution in [1.82, 2.24) is 4.90 Å². The first-order valence-corrected chi connectivity index (χ1v) is 7.30. The van der Waals surface area contributed by atoms with Gasteiger partial charge in [0.15, 0.2) is 0 Å². The summed E-state index contributed by atoms with van der Waals surface area (Å²) in [5, 5.41) is 0. The Bertz CT molecular complexity index is 409. The molecule has 19 heavy (non-hydrogen) atoms. The summed E-state index contributed by atoms with van der Waals surface area (Å²) in [5.74, 6) is 0.361. The van der Waals surface area contributed by atoms with E-state index >= 15 is 0 Å². The van der Waals surface area contributed by atoms with Crippen LogP contribution in [0.1, 0.15) is 40.0 Å². The second-order valence-electron chi connectivity index (χ2n) is 6.62. The van der Waals surface area contributed by atoms with Crippen molar-refractivity contribution in [2.45, 2.75) is 40.0 Å². The molecule has 1 heterocycles. The minimum absolute atomic E-state index is 0.0121. The number of carbonyl (C=O) groups excluding carboxylic acids is 2. The van der Waals surface area contributed by atoms with E-state index in [0.717, 1.165) is 12.8 Å². The molecule has 5 heteroatoms. The first kappa shape index (κ1) is 14.4. The molecule has 0 spiro atoms. The Kier molecular flexibility index (Phi) is 3.69. The van der Waals surface area contributed by atoms with E-state index in [1.165, 1.54) is 4.90 Å². The Morgan fingerprint density at radius 2 is 1.79 bits per heavy atom. The highest BCUT2D eigenvalue weighted by molar-refractivity contribution is 7.80. The van der Waals surface area contributed by atoms with Gasteiger partial charge in [0.05, 0.1) is 16.8 Å². The van der Waals surface area contributed by atoms with E-state index in [4.69, 9.17) is 18.0 Å². The van der Waals surface area contributed by atoms with Crippen molar-refractivity contribution in [2.24, 2.45) is 28.9 Å². The van der Waals surface area contributed by atoms with Crippen molar-refractivity contribution in [3.8, 4) is 0 Å². The van der Waals surface area contributed by atoms with Gasteiger partial charge in [-0.15, -0.1) is 0 Å². The van der Waals surface area contributed by atoms with E-state index in [2.05, 4.69) is 6.92 Å². The highest BCUT2D eigenvalue weighted by Crippen LogP contribution is 2.43. The van der Waals surface area contributed by atoms with Crippen molar-refractivity contribution in [3.63, 3.8) is 0 Å². The standard InChI is InChI=1S/C14H22N2O2S/c1-8-6-9-10(7-8)12(18)16(11(9)17)5-4-14(2,3)13(15)19/h8-10H,4-7H2,1-3H3,(H2,15,19). The lowest BCUT2D eigenvalue weighted by Crippen LogP contribution is -2.38. The van der Waals surface area contributed by atoms with Gasteiger partial charge in [0.1, 0.15) is 0 Å². The molecule has 1 saturated heterocycles. The molecule has 1 saturated carbocycles. The number of rotatable bonds is 4. The van der Waals surface area contributed by atoms with Gasteiger partial charge in [-0.3, -0.25) is 14.5 Å². The van der Waals surface area contributed by atoms with Gasteiger partial charge >= 0.3 is 0 Å². The summed E-state index contributed by atoms with van der Waals surface area (Å²) in [6, 6.07) is 0. The fourth-order valence-corrected chi connectivity index (χ4v) is 3.18. The molecule has 2 aliphatic rings. The number of thiocarbonyl (C=S) groups is 1. The minimum atomic E-state index is -0.319. The lowest BCUT2D eigenvalue weighted by Gasteiger charge is -2.26. The zero-order chi connectivity index (χ0) is 14.4. The van der Waals surface area contributed by atoms with Crippen LogP contribution in [0, 0.1) is 23.2 Å². The molecular formula is C14H22N2O2S. The molecule has 0 aromatic carbocycles. The Labute approximate surface area is 119 Å². The van der Waals surface area contributed by atoms with Gasteiger partial charge in [-0.1, -0.05) is 33.0 Å². The first-order chi connectivity index (χ1) is 8.74. The predicted molar refractivity (Wildman–Crippen MR) is 77.3 cm³/mol. The molecule has 1 aliphatic carbocycles. The maximum Gasteiger partial charge on any atom is 0.233 e. The van der Waals surface area contributed by atoms with Crippen molar-refractivity contribution in [2.75, 3.05) is 6.54 Å². The number of nitrogens with zero attached hydrogens (tertiary/aromatic N) is 1. The molecule has 106 valence electrons. The molecule has 2 rings (SSSR count). The van der Waals surface area contributed by atoms with Crippen molar-refractivity contribution < 1.29 is 9.59 Å². The molecule has 4 nitrogen and oxygen atoms in total. The molecule has 2 N–H and O–H groups in total. The van der Waals surface area contributed by atoms with Crippen molar-refractivity contribution in [1.29, 1.82) is 0 Å². The average molecular weight is 282 g/mol. The third kappa shape index (κ3) is 2.53. The first-order valence-electron chi connectivity index (χ1n) is 6.89. The van der Waals surface area contributed by atoms with Crippen LogP contribution < -0.4 is 5.73 Å². The predicted octanol–water partition coefficient (Wildman–Crippen LogP) is 1.72. The summed E-state index contributed by atoms with van der Waals surface area (Å²) in [7, 11) is 0. The van der Waals surface area contributed by atoms with Crippen LogP contribution in [0.3, 0.4) is 0 Å². The molecule has 0 radical (unpaired) electrons. The Hall–Kier alpha value is -0.970. The minimum Gasteiger partial charge on any atom is -0.393 e. The summed E-state index contributed by atoms with van der Waals surface area (Å²) < 4.78 is 0. The summed E-state index contributed by atoms with van der Waals surface area (Å²) in [4.78, 5) is 26.4. The van der Waals surface area contributed by atoms with Crippen LogP contribution in [0.5, 0.6) is 0 Å². The second kappa shape index (κ2) is 4.85. The van der Waals surface area contributed by atoms with Gasteiger partial charge in [-0.05, 0) is 25.2 Å². The SMILES string of the molecule is CC1CC2C(=O)N(CCC(C)(C)C(N)=S)C(=O)C2C1. The molecule has 0 bridgehead atoms. The lowest BCUT2D eigenvalue weighted by molar-refractivity contribution is -0.140. The fourth-order valence-electron chi connectivity index (χ4n) is 3.08. The van der Waals surface area contributed by atoms with E-state index < -0.39 is 0 Å². The highest BCUT2D eigenvalue weighted by Gasteiger charge is 2.51. The van der Waals surface area contributed by atoms with Crippen LogP contribution >= 0.6 is 12.2 Å². The lowest BCUT2D eigenvalue weighted by atomic mass is 9.89. The third-order valence-electron chi connectivity index (χ3n) is 4.59. The molecular weight excluding hydrogens is 260 g/mol. The van der Waals surface area contributed by atoms with E-state index in [0.29, 0.717) is 23.9 Å². The van der Waals surface area contributed by atoms with Crippen LogP contribution in [-0.4, -0.2) is 28.2 Å². The number of amides is 2. The van der Waals surface area contributed by atoms with E-state index in [9.17, 15) is 9.59 Å². The number of nitrogens with two attached hydrogens (primary N) is 1. The normalized spacial score (nSPS) is 30.9. The van der Waals surface area contributed by atoms with Crippen molar-refractivity contribution in [3.05, 3.63) is 0 Å². The molecule has 2 atom stereocenters. The Morgan fingerprint density at radius 1 is 1.32 bits per heavy atom. The van der Waals surface area contributed by atoms with Gasteiger partial charge in [0, 0.05) is 12.0 Å². The highest BCUT2D eigenvalue weighted by atomic mass is 32.1. The zero-order valence-corrected chi connectivity index (χ0v) is 12.6. The number of imide groups is 1. The van der Waals surface area contributed by atoms with Crippen molar-refractivity contribution >= 4 is 29.0 Å². The number of hydrogen-bond acceptors (Lipinski definition) is 3. The van der Waals surface area contributed by atoms with Gasteiger partial charge in [-0.25, -0.2) is 0 Å². The summed E-state index contributed by atoms with van der Waals surface area (Å²) in [6.45, 7) is 6.44. The van der Waals surface area contributed by atoms with Gasteiger partial charge in [-0.2, -0.15) is 0 Å². The summed E-state index contributed by atoms with van der Waals surface area (Å²) >= 11 is 5.02. The quantitative estimate of drug-likeness (QED) is 0.630. The number of likely N-dealkylation sites (tertiary alicyclic amines) is 1. The summed E-state index contributed by atoms with van der Waals surface area (Å²) in [6.07, 6.45) is 2.34. The molecule has 0 aromatic heterocycles. The number of fused-ring (bicyclic) bond motifs is 1. The van der Waals surface area contributed by atoms with Gasteiger partial charge < -0.3 is 5.73 Å². The molecule has 2 amide bonds. The average Bonchev–Trinajstić information content (AvgIpc) is 2.78. The zero-order valence-electron chi connectivity index (χ0n) is 11.8. The third-order valence-corrected chi connectivity index (χ3v) is 5.14. The van der Waals surface area contributed by atoms with Crippen LogP contribution in [0.15, 0.2) is 0 Å². The Morgan fingerprint density at radius 3 is 2.21 bits per heavy atom. The maximum atomic E-state index is 12.3. The van der Waals surface area contributed by atoms with E-state index in [1.54, 1.807) is 0 Å².